The van der Waals surface area contributed by atoms with Crippen molar-refractivity contribution < 1.29 is 9.53 Å². The Bertz CT molecular complexity index is 404. The molecule has 0 amide bonds. The molecule has 0 N–H and O–H groups in total. The van der Waals surface area contributed by atoms with E-state index in [9.17, 15) is 4.79 Å². The van der Waals surface area contributed by atoms with Crippen molar-refractivity contribution in [3.63, 3.8) is 0 Å². The number of ether oxygens (including phenoxy) is 1. The Kier molecular flexibility index (Phi) is 4.65. The number of benzene rings is 1. The van der Waals surface area contributed by atoms with Crippen LogP contribution in [0.1, 0.15) is 24.8 Å². The second-order valence-corrected chi connectivity index (χ2v) is 6.47. The van der Waals surface area contributed by atoms with E-state index in [1.54, 1.807) is 0 Å². The van der Waals surface area contributed by atoms with Gasteiger partial charge in [0.15, 0.2) is 0 Å². The maximum absolute atomic E-state index is 10.5. The molecule has 0 saturated carbocycles. The SMILES string of the molecule is CC(CC=O)c1ccc(SC2COC2)c(Br)c1. The molecular weight excluding hydrogens is 300 g/mol. The van der Waals surface area contributed by atoms with Gasteiger partial charge in [0.05, 0.1) is 18.5 Å². The maximum Gasteiger partial charge on any atom is 0.120 e. The van der Waals surface area contributed by atoms with Gasteiger partial charge in [0.25, 0.3) is 0 Å². The van der Waals surface area contributed by atoms with E-state index in [4.69, 9.17) is 4.74 Å². The lowest BCUT2D eigenvalue weighted by Crippen LogP contribution is -2.30. The fraction of sp³-hybridized carbons (Fsp3) is 0.462. The zero-order valence-corrected chi connectivity index (χ0v) is 12.1. The van der Waals surface area contributed by atoms with E-state index < -0.39 is 0 Å². The van der Waals surface area contributed by atoms with Gasteiger partial charge >= 0.3 is 0 Å². The first-order chi connectivity index (χ1) is 8.20. The minimum absolute atomic E-state index is 0.287. The van der Waals surface area contributed by atoms with Gasteiger partial charge in [-0.25, -0.2) is 0 Å². The van der Waals surface area contributed by atoms with Crippen molar-refractivity contribution in [3.8, 4) is 0 Å². The summed E-state index contributed by atoms with van der Waals surface area (Å²) < 4.78 is 6.28. The molecule has 2 rings (SSSR count). The van der Waals surface area contributed by atoms with Crippen LogP contribution in [0.3, 0.4) is 0 Å². The Balaban J connectivity index is 2.07. The highest BCUT2D eigenvalue weighted by Gasteiger charge is 2.20. The summed E-state index contributed by atoms with van der Waals surface area (Å²) in [5, 5.41) is 0.588. The van der Waals surface area contributed by atoms with Gasteiger partial charge < -0.3 is 9.53 Å². The lowest BCUT2D eigenvalue weighted by atomic mass is 9.99. The van der Waals surface area contributed by atoms with Crippen LogP contribution < -0.4 is 0 Å². The van der Waals surface area contributed by atoms with E-state index in [-0.39, 0.29) is 5.92 Å². The van der Waals surface area contributed by atoms with Crippen molar-refractivity contribution in [3.05, 3.63) is 28.2 Å². The monoisotopic (exact) mass is 314 g/mol. The van der Waals surface area contributed by atoms with Gasteiger partial charge in [0, 0.05) is 15.8 Å². The second-order valence-electron chi connectivity index (χ2n) is 4.27. The molecule has 4 heteroatoms. The van der Waals surface area contributed by atoms with Crippen molar-refractivity contribution in [2.45, 2.75) is 29.4 Å². The summed E-state index contributed by atoms with van der Waals surface area (Å²) in [4.78, 5) is 11.8. The summed E-state index contributed by atoms with van der Waals surface area (Å²) in [6.45, 7) is 3.77. The fourth-order valence-electron chi connectivity index (χ4n) is 1.66. The number of thioether (sulfide) groups is 1. The summed E-state index contributed by atoms with van der Waals surface area (Å²) in [7, 11) is 0. The van der Waals surface area contributed by atoms with Crippen LogP contribution in [0.15, 0.2) is 27.6 Å². The highest BCUT2D eigenvalue weighted by molar-refractivity contribution is 9.10. The Labute approximate surface area is 114 Å². The summed E-state index contributed by atoms with van der Waals surface area (Å²) in [5.74, 6) is 0.287. The fourth-order valence-corrected chi connectivity index (χ4v) is 3.34. The van der Waals surface area contributed by atoms with Crippen molar-refractivity contribution in [1.29, 1.82) is 0 Å². The largest absolute Gasteiger partial charge is 0.379 e. The summed E-state index contributed by atoms with van der Waals surface area (Å²) in [6, 6.07) is 6.36. The molecule has 17 heavy (non-hydrogen) atoms. The van der Waals surface area contributed by atoms with Crippen molar-refractivity contribution >= 4 is 34.0 Å². The third-order valence-electron chi connectivity index (χ3n) is 2.88. The van der Waals surface area contributed by atoms with Crippen LogP contribution in [0.2, 0.25) is 0 Å². The molecule has 1 aliphatic heterocycles. The lowest BCUT2D eigenvalue weighted by molar-refractivity contribution is -0.108. The molecule has 1 aromatic rings. The molecule has 0 radical (unpaired) electrons. The van der Waals surface area contributed by atoms with Crippen LogP contribution in [0.5, 0.6) is 0 Å². The van der Waals surface area contributed by atoms with Crippen LogP contribution in [0.25, 0.3) is 0 Å². The molecule has 1 heterocycles. The minimum Gasteiger partial charge on any atom is -0.379 e. The minimum atomic E-state index is 0.287. The first kappa shape index (κ1) is 13.1. The molecule has 1 aromatic carbocycles. The molecule has 0 aliphatic carbocycles. The molecule has 0 spiro atoms. The number of hydrogen-bond donors (Lipinski definition) is 0. The first-order valence-corrected chi connectivity index (χ1v) is 7.35. The van der Waals surface area contributed by atoms with Gasteiger partial charge in [-0.2, -0.15) is 0 Å². The number of aldehydes is 1. The van der Waals surface area contributed by atoms with Crippen LogP contribution in [0.4, 0.5) is 0 Å². The topological polar surface area (TPSA) is 26.3 Å². The van der Waals surface area contributed by atoms with E-state index in [1.807, 2.05) is 11.8 Å². The molecule has 1 saturated heterocycles. The molecular formula is C13H15BrO2S. The average Bonchev–Trinajstić information content (AvgIpc) is 2.25. The smallest absolute Gasteiger partial charge is 0.120 e. The zero-order valence-electron chi connectivity index (χ0n) is 9.69. The molecule has 1 atom stereocenters. The van der Waals surface area contributed by atoms with Crippen LogP contribution in [-0.4, -0.2) is 24.7 Å². The molecule has 1 fully saturated rings. The third kappa shape index (κ3) is 3.33. The average molecular weight is 315 g/mol. The second kappa shape index (κ2) is 6.03. The maximum atomic E-state index is 10.5. The van der Waals surface area contributed by atoms with Crippen molar-refractivity contribution in [2.24, 2.45) is 0 Å². The van der Waals surface area contributed by atoms with E-state index in [0.717, 1.165) is 24.0 Å². The van der Waals surface area contributed by atoms with E-state index in [1.165, 1.54) is 10.5 Å². The number of hydrogen-bond acceptors (Lipinski definition) is 3. The molecule has 0 bridgehead atoms. The van der Waals surface area contributed by atoms with Gasteiger partial charge in [-0.3, -0.25) is 0 Å². The van der Waals surface area contributed by atoms with Crippen LogP contribution in [-0.2, 0) is 9.53 Å². The van der Waals surface area contributed by atoms with Gasteiger partial charge in [-0.1, -0.05) is 13.0 Å². The predicted octanol–water partition coefficient (Wildman–Crippen LogP) is 3.63. The predicted molar refractivity (Wildman–Crippen MR) is 73.7 cm³/mol. The van der Waals surface area contributed by atoms with E-state index >= 15 is 0 Å². The van der Waals surface area contributed by atoms with Crippen molar-refractivity contribution in [2.75, 3.05) is 13.2 Å². The van der Waals surface area contributed by atoms with Gasteiger partial charge in [0.2, 0.25) is 0 Å². The van der Waals surface area contributed by atoms with Crippen LogP contribution in [0, 0.1) is 0 Å². The van der Waals surface area contributed by atoms with E-state index in [0.29, 0.717) is 11.7 Å². The highest BCUT2D eigenvalue weighted by atomic mass is 79.9. The lowest BCUT2D eigenvalue weighted by Gasteiger charge is -2.25. The Hall–Kier alpha value is -0.320. The summed E-state index contributed by atoms with van der Waals surface area (Å²) in [5.41, 5.74) is 1.21. The number of halogens is 1. The van der Waals surface area contributed by atoms with Crippen LogP contribution >= 0.6 is 27.7 Å². The highest BCUT2D eigenvalue weighted by Crippen LogP contribution is 2.35. The Morgan fingerprint density at radius 1 is 1.59 bits per heavy atom. The first-order valence-electron chi connectivity index (χ1n) is 5.68. The number of carbonyl (C=O) groups excluding carboxylic acids is 1. The zero-order chi connectivity index (χ0) is 12.3. The Morgan fingerprint density at radius 3 is 2.88 bits per heavy atom. The summed E-state index contributed by atoms with van der Waals surface area (Å²) >= 11 is 5.45. The third-order valence-corrected chi connectivity index (χ3v) is 5.01. The van der Waals surface area contributed by atoms with Gasteiger partial charge in [-0.05, 0) is 39.5 Å². The molecule has 1 unspecified atom stereocenters. The quantitative estimate of drug-likeness (QED) is 0.776. The molecule has 0 aromatic heterocycles. The molecule has 92 valence electrons. The Morgan fingerprint density at radius 2 is 2.35 bits per heavy atom. The summed E-state index contributed by atoms with van der Waals surface area (Å²) in [6.07, 6.45) is 1.56. The normalized spacial score (nSPS) is 17.5. The number of rotatable bonds is 5. The van der Waals surface area contributed by atoms with Gasteiger partial charge in [0.1, 0.15) is 6.29 Å². The van der Waals surface area contributed by atoms with Gasteiger partial charge in [-0.15, -0.1) is 11.8 Å². The molecule has 2 nitrogen and oxygen atoms in total. The van der Waals surface area contributed by atoms with E-state index in [2.05, 4.69) is 41.1 Å². The molecule has 1 aliphatic rings. The van der Waals surface area contributed by atoms with Crippen molar-refractivity contribution in [1.82, 2.24) is 0 Å². The standard InChI is InChI=1S/C13H15BrO2S/c1-9(4-5-15)10-2-3-13(12(14)6-10)17-11-7-16-8-11/h2-3,5-6,9,11H,4,7-8H2,1H3. The number of carbonyl (C=O) groups is 1.